The third-order valence-corrected chi connectivity index (χ3v) is 4.65. The van der Waals surface area contributed by atoms with Gasteiger partial charge in [-0.25, -0.2) is 4.68 Å². The third-order valence-electron chi connectivity index (χ3n) is 4.65. The number of aromatic nitrogens is 2. The lowest BCUT2D eigenvalue weighted by Crippen LogP contribution is -2.36. The predicted octanol–water partition coefficient (Wildman–Crippen LogP) is 3.61. The normalized spacial score (nSPS) is 11.8. The summed E-state index contributed by atoms with van der Waals surface area (Å²) in [5.74, 6) is 0.884. The Bertz CT molecular complexity index is 1140. The Balaban J connectivity index is 1.45. The summed E-state index contributed by atoms with van der Waals surface area (Å²) in [4.78, 5) is 12.9. The lowest BCUT2D eigenvalue weighted by atomic mass is 10.2. The van der Waals surface area contributed by atoms with Crippen LogP contribution in [0.3, 0.4) is 0 Å². The van der Waals surface area contributed by atoms with Gasteiger partial charge in [0, 0.05) is 12.6 Å². The van der Waals surface area contributed by atoms with Gasteiger partial charge in [0.1, 0.15) is 29.8 Å². The highest BCUT2D eigenvalue weighted by atomic mass is 16.5. The zero-order valence-corrected chi connectivity index (χ0v) is 17.1. The maximum absolute atomic E-state index is 12.9. The molecule has 4 rings (SSSR count). The number of aryl methyl sites for hydroxylation is 1. The summed E-state index contributed by atoms with van der Waals surface area (Å²) in [7, 11) is 0. The Kier molecular flexibility index (Phi) is 6.14. The number of hydrogen-bond acceptors (Lipinski definition) is 5. The molecule has 0 bridgehead atoms. The zero-order chi connectivity index (χ0) is 21.6. The molecule has 0 aliphatic rings. The molecule has 2 aromatic heterocycles. The SMILES string of the molecule is Cc1cccc(OCC(O)CNC(=O)c2cc(-c3ccco3)nn2-c2ccccc2)c1. The summed E-state index contributed by atoms with van der Waals surface area (Å²) in [5.41, 5.74) is 2.70. The highest BCUT2D eigenvalue weighted by molar-refractivity contribution is 5.94. The molecule has 2 heterocycles. The van der Waals surface area contributed by atoms with Crippen LogP contribution < -0.4 is 10.1 Å². The third kappa shape index (κ3) is 5.02. The number of rotatable bonds is 8. The van der Waals surface area contributed by atoms with Crippen molar-refractivity contribution >= 4 is 5.91 Å². The molecule has 0 saturated heterocycles. The fourth-order valence-electron chi connectivity index (χ4n) is 3.11. The van der Waals surface area contributed by atoms with Gasteiger partial charge in [-0.15, -0.1) is 0 Å². The number of nitrogens with one attached hydrogen (secondary N) is 1. The number of carbonyl (C=O) groups excluding carboxylic acids is 1. The van der Waals surface area contributed by atoms with Gasteiger partial charge in [-0.3, -0.25) is 4.79 Å². The maximum Gasteiger partial charge on any atom is 0.270 e. The van der Waals surface area contributed by atoms with Crippen LogP contribution in [0.4, 0.5) is 0 Å². The van der Waals surface area contributed by atoms with Gasteiger partial charge in [0.2, 0.25) is 0 Å². The smallest absolute Gasteiger partial charge is 0.270 e. The molecule has 7 heteroatoms. The monoisotopic (exact) mass is 417 g/mol. The van der Waals surface area contributed by atoms with Crippen molar-refractivity contribution in [2.45, 2.75) is 13.0 Å². The molecule has 158 valence electrons. The second kappa shape index (κ2) is 9.32. The van der Waals surface area contributed by atoms with Gasteiger partial charge in [-0.1, -0.05) is 30.3 Å². The van der Waals surface area contributed by atoms with Crippen molar-refractivity contribution in [2.75, 3.05) is 13.2 Å². The maximum atomic E-state index is 12.9. The number of nitrogens with zero attached hydrogens (tertiary/aromatic N) is 2. The second-order valence-corrected chi connectivity index (χ2v) is 7.13. The van der Waals surface area contributed by atoms with Crippen LogP contribution in [0.1, 0.15) is 16.1 Å². The molecule has 0 aliphatic carbocycles. The van der Waals surface area contributed by atoms with E-state index < -0.39 is 6.10 Å². The zero-order valence-electron chi connectivity index (χ0n) is 17.1. The molecule has 0 aliphatic heterocycles. The number of aliphatic hydroxyl groups excluding tert-OH is 1. The average molecular weight is 417 g/mol. The van der Waals surface area contributed by atoms with Gasteiger partial charge in [-0.2, -0.15) is 5.10 Å². The molecule has 0 fully saturated rings. The molecule has 0 saturated carbocycles. The Morgan fingerprint density at radius 3 is 2.71 bits per heavy atom. The quantitative estimate of drug-likeness (QED) is 0.457. The number of carbonyl (C=O) groups is 1. The fraction of sp³-hybridized carbons (Fsp3) is 0.167. The Labute approximate surface area is 179 Å². The van der Waals surface area contributed by atoms with Crippen molar-refractivity contribution in [3.05, 3.63) is 90.3 Å². The topological polar surface area (TPSA) is 89.5 Å². The lowest BCUT2D eigenvalue weighted by Gasteiger charge is -2.14. The molecule has 1 unspecified atom stereocenters. The van der Waals surface area contributed by atoms with Crippen LogP contribution in [0.5, 0.6) is 5.75 Å². The van der Waals surface area contributed by atoms with Gasteiger partial charge >= 0.3 is 0 Å². The van der Waals surface area contributed by atoms with E-state index >= 15 is 0 Å². The van der Waals surface area contributed by atoms with E-state index in [4.69, 9.17) is 9.15 Å². The van der Waals surface area contributed by atoms with Crippen LogP contribution in [0.25, 0.3) is 17.1 Å². The molecular formula is C24H23N3O4. The standard InChI is InChI=1S/C24H23N3O4/c1-17-7-5-10-20(13-17)31-16-19(28)15-25-24(29)22-14-21(23-11-6-12-30-23)26-27(22)18-8-3-2-4-9-18/h2-14,19,28H,15-16H2,1H3,(H,25,29). The number of furan rings is 1. The molecule has 1 atom stereocenters. The van der Waals surface area contributed by atoms with Crippen molar-refractivity contribution < 1.29 is 19.1 Å². The Hall–Kier alpha value is -3.84. The fourth-order valence-corrected chi connectivity index (χ4v) is 3.11. The summed E-state index contributed by atoms with van der Waals surface area (Å²) in [5, 5.41) is 17.5. The second-order valence-electron chi connectivity index (χ2n) is 7.13. The van der Waals surface area contributed by atoms with E-state index in [2.05, 4.69) is 10.4 Å². The van der Waals surface area contributed by atoms with Crippen LogP contribution in [0, 0.1) is 6.92 Å². The van der Waals surface area contributed by atoms with Crippen molar-refractivity contribution in [3.8, 4) is 22.9 Å². The van der Waals surface area contributed by atoms with E-state index in [1.807, 2.05) is 61.5 Å². The molecule has 2 aromatic carbocycles. The molecule has 0 radical (unpaired) electrons. The van der Waals surface area contributed by atoms with Crippen molar-refractivity contribution in [1.29, 1.82) is 0 Å². The molecule has 2 N–H and O–H groups in total. The molecule has 1 amide bonds. The summed E-state index contributed by atoms with van der Waals surface area (Å²) in [6.45, 7) is 2.08. The molecule has 31 heavy (non-hydrogen) atoms. The minimum Gasteiger partial charge on any atom is -0.491 e. The largest absolute Gasteiger partial charge is 0.491 e. The van der Waals surface area contributed by atoms with E-state index in [1.165, 1.54) is 0 Å². The summed E-state index contributed by atoms with van der Waals surface area (Å²) in [6.07, 6.45) is 0.698. The first-order valence-electron chi connectivity index (χ1n) is 9.95. The van der Waals surface area contributed by atoms with Crippen LogP contribution in [0.15, 0.2) is 83.5 Å². The first-order valence-corrected chi connectivity index (χ1v) is 9.95. The van der Waals surface area contributed by atoms with Gasteiger partial charge in [0.25, 0.3) is 5.91 Å². The van der Waals surface area contributed by atoms with E-state index in [1.54, 1.807) is 29.1 Å². The van der Waals surface area contributed by atoms with Crippen LogP contribution >= 0.6 is 0 Å². The number of benzene rings is 2. The Morgan fingerprint density at radius 2 is 1.97 bits per heavy atom. The van der Waals surface area contributed by atoms with E-state index in [0.29, 0.717) is 22.9 Å². The molecule has 7 nitrogen and oxygen atoms in total. The number of amides is 1. The summed E-state index contributed by atoms with van der Waals surface area (Å²) < 4.78 is 12.6. The van der Waals surface area contributed by atoms with Gasteiger partial charge in [0.05, 0.1) is 12.0 Å². The van der Waals surface area contributed by atoms with E-state index in [-0.39, 0.29) is 19.1 Å². The highest BCUT2D eigenvalue weighted by Crippen LogP contribution is 2.22. The number of hydrogen-bond donors (Lipinski definition) is 2. The van der Waals surface area contributed by atoms with Crippen molar-refractivity contribution in [3.63, 3.8) is 0 Å². The molecule has 0 spiro atoms. The van der Waals surface area contributed by atoms with Crippen LogP contribution in [-0.2, 0) is 0 Å². The van der Waals surface area contributed by atoms with Crippen LogP contribution in [-0.4, -0.2) is 40.0 Å². The number of ether oxygens (including phenoxy) is 1. The summed E-state index contributed by atoms with van der Waals surface area (Å²) in [6, 6.07) is 22.1. The number of aliphatic hydroxyl groups is 1. The predicted molar refractivity (Wildman–Crippen MR) is 116 cm³/mol. The van der Waals surface area contributed by atoms with E-state index in [9.17, 15) is 9.90 Å². The molecule has 4 aromatic rings. The van der Waals surface area contributed by atoms with Crippen LogP contribution in [0.2, 0.25) is 0 Å². The van der Waals surface area contributed by atoms with Crippen molar-refractivity contribution in [1.82, 2.24) is 15.1 Å². The van der Waals surface area contributed by atoms with Gasteiger partial charge < -0.3 is 19.6 Å². The Morgan fingerprint density at radius 1 is 1.13 bits per heavy atom. The average Bonchev–Trinajstić information content (AvgIpc) is 3.47. The van der Waals surface area contributed by atoms with Crippen molar-refractivity contribution in [2.24, 2.45) is 0 Å². The minimum atomic E-state index is -0.859. The summed E-state index contributed by atoms with van der Waals surface area (Å²) >= 11 is 0. The van der Waals surface area contributed by atoms with E-state index in [0.717, 1.165) is 11.3 Å². The first kappa shape index (κ1) is 20.4. The van der Waals surface area contributed by atoms with Gasteiger partial charge in [-0.05, 0) is 48.9 Å². The first-order chi connectivity index (χ1) is 15.1. The minimum absolute atomic E-state index is 0.0424. The van der Waals surface area contributed by atoms with Gasteiger partial charge in [0.15, 0.2) is 5.76 Å². The molecular weight excluding hydrogens is 394 g/mol. The lowest BCUT2D eigenvalue weighted by molar-refractivity contribution is 0.0837. The highest BCUT2D eigenvalue weighted by Gasteiger charge is 2.19. The number of para-hydroxylation sites is 1.